The molecule has 0 spiro atoms. The Bertz CT molecular complexity index is 476. The van der Waals surface area contributed by atoms with E-state index in [9.17, 15) is 14.9 Å². The summed E-state index contributed by atoms with van der Waals surface area (Å²) < 4.78 is 0. The number of nitro groups is 1. The molecule has 0 aromatic rings. The third-order valence-electron chi connectivity index (χ3n) is 3.99. The quantitative estimate of drug-likeness (QED) is 0.0950. The van der Waals surface area contributed by atoms with Gasteiger partial charge in [0, 0.05) is 6.42 Å². The Kier molecular flexibility index (Phi) is 17.9. The SMILES string of the molecule is CCCCC/C=C\C/C=C\C/C(=C\C/C=C\CCCCCC=O)[N+](=O)[O-]. The van der Waals surface area contributed by atoms with E-state index in [-0.39, 0.29) is 10.6 Å². The van der Waals surface area contributed by atoms with Gasteiger partial charge < -0.3 is 4.79 Å². The summed E-state index contributed by atoms with van der Waals surface area (Å²) >= 11 is 0. The van der Waals surface area contributed by atoms with Crippen molar-refractivity contribution in [3.05, 3.63) is 58.3 Å². The van der Waals surface area contributed by atoms with Crippen LogP contribution in [0.25, 0.3) is 0 Å². The molecule has 0 fully saturated rings. The van der Waals surface area contributed by atoms with E-state index in [0.29, 0.717) is 19.3 Å². The fraction of sp³-hybridized carbons (Fsp3) is 0.591. The second-order valence-corrected chi connectivity index (χ2v) is 6.34. The smallest absolute Gasteiger partial charge is 0.246 e. The van der Waals surface area contributed by atoms with Crippen molar-refractivity contribution in [3.63, 3.8) is 0 Å². The van der Waals surface area contributed by atoms with Crippen LogP contribution in [-0.2, 0) is 4.79 Å². The highest BCUT2D eigenvalue weighted by molar-refractivity contribution is 5.48. The fourth-order valence-electron chi connectivity index (χ4n) is 2.42. The number of carbonyl (C=O) groups excluding carboxylic acids is 1. The maximum Gasteiger partial charge on any atom is 0.246 e. The highest BCUT2D eigenvalue weighted by atomic mass is 16.6. The van der Waals surface area contributed by atoms with E-state index in [4.69, 9.17) is 0 Å². The molecule has 26 heavy (non-hydrogen) atoms. The number of carbonyl (C=O) groups is 1. The van der Waals surface area contributed by atoms with Gasteiger partial charge in [-0.25, -0.2) is 0 Å². The van der Waals surface area contributed by atoms with Crippen LogP contribution >= 0.6 is 0 Å². The first-order valence-electron chi connectivity index (χ1n) is 9.94. The molecule has 0 atom stereocenters. The summed E-state index contributed by atoms with van der Waals surface area (Å²) in [6, 6.07) is 0. The third kappa shape index (κ3) is 16.9. The molecule has 4 heteroatoms. The van der Waals surface area contributed by atoms with Crippen molar-refractivity contribution in [2.45, 2.75) is 84.0 Å². The standard InChI is InChI=1S/C22H35NO3/c1-2-3-4-5-6-7-10-13-16-19-22(23(25)26)20-17-14-11-8-9-12-15-18-21-24/h6-7,11,13-14,16,20-21H,2-5,8-10,12,15,17-19H2,1H3/b7-6-,14-11-,16-13-,22-20+. The topological polar surface area (TPSA) is 60.2 Å². The molecular formula is C22H35NO3. The van der Waals surface area contributed by atoms with E-state index in [1.807, 2.05) is 18.2 Å². The number of nitrogens with zero attached hydrogens (tertiary/aromatic N) is 1. The number of hydrogen-bond donors (Lipinski definition) is 0. The number of rotatable bonds is 17. The predicted octanol–water partition coefficient (Wildman–Crippen LogP) is 6.72. The molecule has 0 radical (unpaired) electrons. The molecule has 0 unspecified atom stereocenters. The molecule has 0 aliphatic carbocycles. The largest absolute Gasteiger partial charge is 0.303 e. The molecule has 0 heterocycles. The van der Waals surface area contributed by atoms with Crippen LogP contribution in [0.2, 0.25) is 0 Å². The number of unbranched alkanes of at least 4 members (excludes halogenated alkanes) is 7. The highest BCUT2D eigenvalue weighted by Crippen LogP contribution is 2.08. The van der Waals surface area contributed by atoms with Gasteiger partial charge in [-0.1, -0.05) is 62.6 Å². The molecule has 0 rings (SSSR count). The van der Waals surface area contributed by atoms with Crippen LogP contribution in [0.3, 0.4) is 0 Å². The second-order valence-electron chi connectivity index (χ2n) is 6.34. The van der Waals surface area contributed by atoms with E-state index < -0.39 is 0 Å². The molecule has 0 aromatic heterocycles. The third-order valence-corrected chi connectivity index (χ3v) is 3.99. The summed E-state index contributed by atoms with van der Waals surface area (Å²) in [6.07, 6.45) is 26.2. The lowest BCUT2D eigenvalue weighted by Crippen LogP contribution is -1.97. The van der Waals surface area contributed by atoms with Gasteiger partial charge >= 0.3 is 0 Å². The molecule has 0 aliphatic rings. The molecule has 0 saturated carbocycles. The van der Waals surface area contributed by atoms with Crippen LogP contribution in [0.4, 0.5) is 0 Å². The summed E-state index contributed by atoms with van der Waals surface area (Å²) in [5.41, 5.74) is 0.254. The monoisotopic (exact) mass is 361 g/mol. The van der Waals surface area contributed by atoms with Crippen molar-refractivity contribution >= 4 is 6.29 Å². The van der Waals surface area contributed by atoms with Crippen molar-refractivity contribution in [2.75, 3.05) is 0 Å². The summed E-state index contributed by atoms with van der Waals surface area (Å²) in [6.45, 7) is 2.20. The molecular weight excluding hydrogens is 326 g/mol. The van der Waals surface area contributed by atoms with Gasteiger partial charge in [-0.3, -0.25) is 10.1 Å². The molecule has 0 saturated heterocycles. The minimum atomic E-state index is -0.293. The Labute approximate surface area is 158 Å². The van der Waals surface area contributed by atoms with Gasteiger partial charge in [0.05, 0.1) is 11.3 Å². The maximum atomic E-state index is 11.1. The molecule has 0 N–H and O–H groups in total. The minimum absolute atomic E-state index is 0.254. The van der Waals surface area contributed by atoms with Crippen molar-refractivity contribution in [1.29, 1.82) is 0 Å². The van der Waals surface area contributed by atoms with Crippen molar-refractivity contribution in [1.82, 2.24) is 0 Å². The Morgan fingerprint density at radius 1 is 0.808 bits per heavy atom. The van der Waals surface area contributed by atoms with Crippen LogP contribution in [0, 0.1) is 10.1 Å². The Balaban J connectivity index is 3.96. The van der Waals surface area contributed by atoms with Crippen molar-refractivity contribution < 1.29 is 9.72 Å². The molecule has 0 bridgehead atoms. The van der Waals surface area contributed by atoms with Crippen molar-refractivity contribution in [2.24, 2.45) is 0 Å². The number of aldehydes is 1. The van der Waals surface area contributed by atoms with Crippen LogP contribution in [0.1, 0.15) is 84.0 Å². The molecule has 146 valence electrons. The average Bonchev–Trinajstić information content (AvgIpc) is 2.63. The van der Waals surface area contributed by atoms with E-state index in [2.05, 4.69) is 25.2 Å². The summed E-state index contributed by atoms with van der Waals surface area (Å²) in [7, 11) is 0. The van der Waals surface area contributed by atoms with Gasteiger partial charge in [-0.05, 0) is 51.0 Å². The minimum Gasteiger partial charge on any atom is -0.303 e. The number of hydrogen-bond acceptors (Lipinski definition) is 3. The molecule has 0 aliphatic heterocycles. The van der Waals surface area contributed by atoms with Gasteiger partial charge in [0.2, 0.25) is 5.70 Å². The van der Waals surface area contributed by atoms with Gasteiger partial charge in [-0.2, -0.15) is 0 Å². The lowest BCUT2D eigenvalue weighted by molar-refractivity contribution is -0.427. The Morgan fingerprint density at radius 3 is 2.08 bits per heavy atom. The van der Waals surface area contributed by atoms with Crippen molar-refractivity contribution in [3.8, 4) is 0 Å². The molecule has 4 nitrogen and oxygen atoms in total. The van der Waals surface area contributed by atoms with E-state index in [0.717, 1.165) is 44.8 Å². The zero-order valence-corrected chi connectivity index (χ0v) is 16.3. The molecule has 0 amide bonds. The first-order chi connectivity index (χ1) is 12.7. The maximum absolute atomic E-state index is 11.1. The van der Waals surface area contributed by atoms with Crippen LogP contribution in [0.15, 0.2) is 48.2 Å². The van der Waals surface area contributed by atoms with E-state index >= 15 is 0 Å². The van der Waals surface area contributed by atoms with Gasteiger partial charge in [0.1, 0.15) is 6.29 Å². The Morgan fingerprint density at radius 2 is 1.42 bits per heavy atom. The summed E-state index contributed by atoms with van der Waals surface area (Å²) in [4.78, 5) is 21.0. The lowest BCUT2D eigenvalue weighted by atomic mass is 10.1. The lowest BCUT2D eigenvalue weighted by Gasteiger charge is -1.95. The van der Waals surface area contributed by atoms with Crippen LogP contribution in [0.5, 0.6) is 0 Å². The molecule has 0 aromatic carbocycles. The normalized spacial score (nSPS) is 12.6. The highest BCUT2D eigenvalue weighted by Gasteiger charge is 2.06. The van der Waals surface area contributed by atoms with Gasteiger partial charge in [-0.15, -0.1) is 0 Å². The summed E-state index contributed by atoms with van der Waals surface area (Å²) in [5.74, 6) is 0. The van der Waals surface area contributed by atoms with Gasteiger partial charge in [0.25, 0.3) is 0 Å². The average molecular weight is 362 g/mol. The second kappa shape index (κ2) is 19.4. The fourth-order valence-corrected chi connectivity index (χ4v) is 2.42. The first kappa shape index (κ1) is 24.0. The first-order valence-corrected chi connectivity index (χ1v) is 9.94. The van der Waals surface area contributed by atoms with E-state index in [1.165, 1.54) is 19.3 Å². The summed E-state index contributed by atoms with van der Waals surface area (Å²) in [5, 5.41) is 11.1. The zero-order chi connectivity index (χ0) is 19.3. The Hall–Kier alpha value is -1.97. The van der Waals surface area contributed by atoms with Crippen LogP contribution in [-0.4, -0.2) is 11.2 Å². The number of allylic oxidation sites excluding steroid dienone is 7. The predicted molar refractivity (Wildman–Crippen MR) is 110 cm³/mol. The van der Waals surface area contributed by atoms with E-state index in [1.54, 1.807) is 6.08 Å². The van der Waals surface area contributed by atoms with Gasteiger partial charge in [0.15, 0.2) is 0 Å². The van der Waals surface area contributed by atoms with Crippen LogP contribution < -0.4 is 0 Å². The zero-order valence-electron chi connectivity index (χ0n) is 16.3.